The Labute approximate surface area is 213 Å². The second-order valence-electron chi connectivity index (χ2n) is 10.5. The number of carbonyl (C=O) groups excluding carboxylic acids is 2. The summed E-state index contributed by atoms with van der Waals surface area (Å²) in [4.78, 5) is 34.0. The number of hydrogen-bond donors (Lipinski definition) is 1. The molecular formula is C28H38N4O2S. The third-order valence-electron chi connectivity index (χ3n) is 7.97. The van der Waals surface area contributed by atoms with Crippen molar-refractivity contribution >= 4 is 23.3 Å². The molecule has 0 unspecified atom stereocenters. The van der Waals surface area contributed by atoms with Gasteiger partial charge in [0.15, 0.2) is 0 Å². The molecule has 3 heterocycles. The van der Waals surface area contributed by atoms with Crippen LogP contribution in [0.2, 0.25) is 0 Å². The first-order valence-electron chi connectivity index (χ1n) is 13.2. The topological polar surface area (TPSA) is 55.9 Å². The molecule has 2 atom stereocenters. The van der Waals surface area contributed by atoms with E-state index < -0.39 is 0 Å². The highest BCUT2D eigenvalue weighted by atomic mass is 32.1. The zero-order valence-electron chi connectivity index (χ0n) is 21.0. The van der Waals surface area contributed by atoms with Gasteiger partial charge < -0.3 is 15.1 Å². The summed E-state index contributed by atoms with van der Waals surface area (Å²) in [6.45, 7) is 7.27. The zero-order chi connectivity index (χ0) is 24.4. The second kappa shape index (κ2) is 10.7. The molecule has 3 aliphatic rings. The fourth-order valence-electron chi connectivity index (χ4n) is 5.94. The lowest BCUT2D eigenvalue weighted by Crippen LogP contribution is -2.59. The van der Waals surface area contributed by atoms with E-state index in [1.807, 2.05) is 21.1 Å². The minimum Gasteiger partial charge on any atom is -0.338 e. The SMILES string of the molecule is Cc1ccc([C@@H]2c3ccsc3CCN2CC(=O)N2CCN(C(=O)NC3CCCCC3)[C@H](C)C2)cc1. The van der Waals surface area contributed by atoms with Gasteiger partial charge in [0, 0.05) is 43.1 Å². The maximum Gasteiger partial charge on any atom is 0.317 e. The Bertz CT molecular complexity index is 1030. The Balaban J connectivity index is 1.22. The first kappa shape index (κ1) is 24.3. The molecule has 6 nitrogen and oxygen atoms in total. The van der Waals surface area contributed by atoms with Gasteiger partial charge in [0.25, 0.3) is 0 Å². The van der Waals surface area contributed by atoms with E-state index in [0.717, 1.165) is 25.8 Å². The number of nitrogens with zero attached hydrogens (tertiary/aromatic N) is 3. The Morgan fingerprint density at radius 2 is 1.80 bits per heavy atom. The van der Waals surface area contributed by atoms with Crippen molar-refractivity contribution < 1.29 is 9.59 Å². The maximum absolute atomic E-state index is 13.5. The normalized spacial score (nSPS) is 23.7. The monoisotopic (exact) mass is 494 g/mol. The van der Waals surface area contributed by atoms with Crippen LogP contribution in [0.5, 0.6) is 0 Å². The van der Waals surface area contributed by atoms with Gasteiger partial charge in [0.1, 0.15) is 0 Å². The van der Waals surface area contributed by atoms with Crippen molar-refractivity contribution in [2.24, 2.45) is 0 Å². The number of fused-ring (bicyclic) bond motifs is 1. The Kier molecular flexibility index (Phi) is 7.44. The van der Waals surface area contributed by atoms with Crippen LogP contribution < -0.4 is 5.32 Å². The van der Waals surface area contributed by atoms with Crippen LogP contribution in [0, 0.1) is 6.92 Å². The summed E-state index contributed by atoms with van der Waals surface area (Å²) in [6, 6.07) is 11.5. The molecule has 1 N–H and O–H groups in total. The fourth-order valence-corrected chi connectivity index (χ4v) is 6.85. The summed E-state index contributed by atoms with van der Waals surface area (Å²) in [5.41, 5.74) is 3.84. The summed E-state index contributed by atoms with van der Waals surface area (Å²) in [6.07, 6.45) is 6.85. The van der Waals surface area contributed by atoms with Crippen molar-refractivity contribution in [3.8, 4) is 0 Å². The highest BCUT2D eigenvalue weighted by Gasteiger charge is 2.35. The summed E-state index contributed by atoms with van der Waals surface area (Å²) < 4.78 is 0. The lowest BCUT2D eigenvalue weighted by molar-refractivity contribution is -0.135. The van der Waals surface area contributed by atoms with Gasteiger partial charge in [-0.25, -0.2) is 4.79 Å². The first-order valence-corrected chi connectivity index (χ1v) is 14.1. The molecule has 2 fully saturated rings. The predicted molar refractivity (Wildman–Crippen MR) is 141 cm³/mol. The molecular weight excluding hydrogens is 456 g/mol. The van der Waals surface area contributed by atoms with Crippen LogP contribution in [0.1, 0.15) is 66.6 Å². The number of thiophene rings is 1. The largest absolute Gasteiger partial charge is 0.338 e. The van der Waals surface area contributed by atoms with E-state index in [9.17, 15) is 9.59 Å². The number of carbonyl (C=O) groups is 2. The van der Waals surface area contributed by atoms with Crippen LogP contribution in [0.4, 0.5) is 4.79 Å². The molecule has 2 aliphatic heterocycles. The molecule has 0 radical (unpaired) electrons. The molecule has 0 spiro atoms. The molecule has 0 bridgehead atoms. The van der Waals surface area contributed by atoms with Gasteiger partial charge in [-0.3, -0.25) is 9.69 Å². The predicted octanol–water partition coefficient (Wildman–Crippen LogP) is 4.58. The van der Waals surface area contributed by atoms with E-state index in [2.05, 4.69) is 59.8 Å². The molecule has 1 aromatic carbocycles. The molecule has 7 heteroatoms. The molecule has 3 amide bonds. The quantitative estimate of drug-likeness (QED) is 0.677. The summed E-state index contributed by atoms with van der Waals surface area (Å²) >= 11 is 1.83. The fraction of sp³-hybridized carbons (Fsp3) is 0.571. The molecule has 188 valence electrons. The minimum atomic E-state index is 0.0222. The van der Waals surface area contributed by atoms with Crippen molar-refractivity contribution in [2.75, 3.05) is 32.7 Å². The first-order chi connectivity index (χ1) is 17.0. The van der Waals surface area contributed by atoms with Crippen LogP contribution in [-0.4, -0.2) is 71.4 Å². The molecule has 1 saturated heterocycles. The van der Waals surface area contributed by atoms with Gasteiger partial charge in [0.2, 0.25) is 5.91 Å². The maximum atomic E-state index is 13.5. The van der Waals surface area contributed by atoms with Crippen molar-refractivity contribution in [3.05, 3.63) is 57.3 Å². The number of piperazine rings is 1. The molecule has 5 rings (SSSR count). The number of hydrogen-bond acceptors (Lipinski definition) is 4. The van der Waals surface area contributed by atoms with E-state index in [1.54, 1.807) is 0 Å². The number of nitrogens with one attached hydrogen (secondary N) is 1. The molecule has 1 aliphatic carbocycles. The van der Waals surface area contributed by atoms with Crippen LogP contribution in [-0.2, 0) is 11.2 Å². The van der Waals surface area contributed by atoms with Gasteiger partial charge in [-0.15, -0.1) is 11.3 Å². The summed E-state index contributed by atoms with van der Waals surface area (Å²) in [5, 5.41) is 5.42. The lowest BCUT2D eigenvalue weighted by Gasteiger charge is -2.42. The third-order valence-corrected chi connectivity index (χ3v) is 8.97. The zero-order valence-corrected chi connectivity index (χ0v) is 21.9. The van der Waals surface area contributed by atoms with E-state index >= 15 is 0 Å². The van der Waals surface area contributed by atoms with Gasteiger partial charge in [-0.1, -0.05) is 49.1 Å². The standard InChI is InChI=1S/C28H38N4O2S/c1-20-8-10-22(11-9-20)27-24-13-17-35-25(24)12-14-31(27)19-26(33)30-15-16-32(21(2)18-30)28(34)29-23-6-4-3-5-7-23/h8-11,13,17,21,23,27H,3-7,12,14-16,18-19H2,1-2H3,(H,29,34)/t21-,27-/m1/s1. The Morgan fingerprint density at radius 1 is 1.03 bits per heavy atom. The van der Waals surface area contributed by atoms with E-state index in [0.29, 0.717) is 32.2 Å². The van der Waals surface area contributed by atoms with Crippen molar-refractivity contribution in [2.45, 2.75) is 70.5 Å². The van der Waals surface area contributed by atoms with E-state index in [1.165, 1.54) is 40.8 Å². The lowest BCUT2D eigenvalue weighted by atomic mass is 9.92. The third kappa shape index (κ3) is 5.41. The van der Waals surface area contributed by atoms with Gasteiger partial charge in [0.05, 0.1) is 12.6 Å². The average molecular weight is 495 g/mol. The number of rotatable bonds is 4. The number of urea groups is 1. The van der Waals surface area contributed by atoms with E-state index in [-0.39, 0.29) is 24.0 Å². The summed E-state index contributed by atoms with van der Waals surface area (Å²) in [7, 11) is 0. The van der Waals surface area contributed by atoms with Gasteiger partial charge in [-0.05, 0) is 55.7 Å². The minimum absolute atomic E-state index is 0.0222. The smallest absolute Gasteiger partial charge is 0.317 e. The van der Waals surface area contributed by atoms with Gasteiger partial charge in [-0.2, -0.15) is 0 Å². The number of aryl methyl sites for hydroxylation is 1. The Morgan fingerprint density at radius 3 is 2.54 bits per heavy atom. The van der Waals surface area contributed by atoms with Crippen molar-refractivity contribution in [1.82, 2.24) is 20.0 Å². The van der Waals surface area contributed by atoms with Gasteiger partial charge >= 0.3 is 6.03 Å². The van der Waals surface area contributed by atoms with E-state index in [4.69, 9.17) is 0 Å². The highest BCUT2D eigenvalue weighted by molar-refractivity contribution is 7.10. The van der Waals surface area contributed by atoms with Crippen LogP contribution in [0.15, 0.2) is 35.7 Å². The van der Waals surface area contributed by atoms with Crippen LogP contribution in [0.25, 0.3) is 0 Å². The molecule has 35 heavy (non-hydrogen) atoms. The van der Waals surface area contributed by atoms with Crippen LogP contribution >= 0.6 is 11.3 Å². The molecule has 1 aromatic heterocycles. The molecule has 1 saturated carbocycles. The van der Waals surface area contributed by atoms with Crippen molar-refractivity contribution in [3.63, 3.8) is 0 Å². The second-order valence-corrected chi connectivity index (χ2v) is 11.5. The van der Waals surface area contributed by atoms with Crippen molar-refractivity contribution in [1.29, 1.82) is 0 Å². The highest BCUT2D eigenvalue weighted by Crippen LogP contribution is 2.37. The average Bonchev–Trinajstić information content (AvgIpc) is 3.34. The molecule has 2 aromatic rings. The number of amides is 3. The number of benzene rings is 1. The van der Waals surface area contributed by atoms with Crippen LogP contribution in [0.3, 0.4) is 0 Å². The summed E-state index contributed by atoms with van der Waals surface area (Å²) in [5.74, 6) is 0.167. The Hall–Kier alpha value is -2.38.